The Morgan fingerprint density at radius 3 is 2.40 bits per heavy atom. The van der Waals surface area contributed by atoms with Crippen LogP contribution in [-0.2, 0) is 21.2 Å². The van der Waals surface area contributed by atoms with E-state index >= 15 is 0 Å². The fourth-order valence-electron chi connectivity index (χ4n) is 3.04. The molecule has 1 atom stereocenters. The van der Waals surface area contributed by atoms with Gasteiger partial charge in [0.1, 0.15) is 5.82 Å². The lowest BCUT2D eigenvalue weighted by Gasteiger charge is -2.44. The molecule has 0 bridgehead atoms. The van der Waals surface area contributed by atoms with Crippen molar-refractivity contribution in [1.82, 2.24) is 4.31 Å². The fraction of sp³-hybridized carbons (Fsp3) is 0.368. The number of hydrogen-bond donors (Lipinski definition) is 0. The first-order valence-electron chi connectivity index (χ1n) is 8.23. The minimum atomic E-state index is -3.72. The molecule has 1 heterocycles. The quantitative estimate of drug-likeness (QED) is 0.838. The molecule has 1 fully saturated rings. The summed E-state index contributed by atoms with van der Waals surface area (Å²) in [5, 5.41) is 0. The second kappa shape index (κ2) is 6.86. The third-order valence-corrected chi connectivity index (χ3v) is 6.52. The lowest BCUT2D eigenvalue weighted by molar-refractivity contribution is -0.0629. The second-order valence-corrected chi connectivity index (χ2v) is 8.79. The van der Waals surface area contributed by atoms with Crippen molar-refractivity contribution in [2.24, 2.45) is 0 Å². The van der Waals surface area contributed by atoms with Gasteiger partial charge in [0.25, 0.3) is 0 Å². The van der Waals surface area contributed by atoms with E-state index < -0.39 is 21.4 Å². The zero-order valence-electron chi connectivity index (χ0n) is 14.4. The number of halogens is 1. The zero-order chi connectivity index (χ0) is 18.1. The molecule has 0 aromatic heterocycles. The Morgan fingerprint density at radius 1 is 1.12 bits per heavy atom. The van der Waals surface area contributed by atoms with Crippen molar-refractivity contribution in [2.75, 3.05) is 13.2 Å². The van der Waals surface area contributed by atoms with Crippen molar-refractivity contribution in [2.45, 2.75) is 36.8 Å². The minimum Gasteiger partial charge on any atom is -0.375 e. The van der Waals surface area contributed by atoms with Crippen LogP contribution >= 0.6 is 0 Å². The van der Waals surface area contributed by atoms with Crippen LogP contribution in [0.3, 0.4) is 0 Å². The Morgan fingerprint density at radius 2 is 1.76 bits per heavy atom. The molecule has 25 heavy (non-hydrogen) atoms. The maximum Gasteiger partial charge on any atom is 0.243 e. The largest absolute Gasteiger partial charge is 0.375 e. The number of rotatable bonds is 4. The molecule has 1 aliphatic heterocycles. The topological polar surface area (TPSA) is 46.6 Å². The molecule has 2 aromatic carbocycles. The number of hydrogen-bond acceptors (Lipinski definition) is 3. The predicted octanol–water partition coefficient (Wildman–Crippen LogP) is 3.24. The lowest BCUT2D eigenvalue weighted by Crippen LogP contribution is -2.58. The Bertz CT molecular complexity index is 820. The van der Waals surface area contributed by atoms with E-state index in [1.807, 2.05) is 44.2 Å². The maximum absolute atomic E-state index is 13.1. The van der Waals surface area contributed by atoms with E-state index in [-0.39, 0.29) is 17.5 Å². The predicted molar refractivity (Wildman–Crippen MR) is 94.3 cm³/mol. The first kappa shape index (κ1) is 18.0. The first-order chi connectivity index (χ1) is 11.8. The van der Waals surface area contributed by atoms with Crippen LogP contribution in [0, 0.1) is 5.82 Å². The van der Waals surface area contributed by atoms with E-state index in [0.29, 0.717) is 13.0 Å². The van der Waals surface area contributed by atoms with Crippen molar-refractivity contribution < 1.29 is 17.5 Å². The summed E-state index contributed by atoms with van der Waals surface area (Å²) in [5.74, 6) is -0.456. The molecule has 4 nitrogen and oxygen atoms in total. The fourth-order valence-corrected chi connectivity index (χ4v) is 4.84. The van der Waals surface area contributed by atoms with E-state index in [0.717, 1.165) is 5.56 Å². The van der Waals surface area contributed by atoms with Crippen molar-refractivity contribution in [3.63, 3.8) is 0 Å². The van der Waals surface area contributed by atoms with Crippen LogP contribution in [-0.4, -0.2) is 37.5 Å². The molecule has 0 saturated carbocycles. The smallest absolute Gasteiger partial charge is 0.243 e. The number of morpholine rings is 1. The number of benzene rings is 2. The third kappa shape index (κ3) is 3.92. The molecule has 0 amide bonds. The molecule has 2 aromatic rings. The highest BCUT2D eigenvalue weighted by Crippen LogP contribution is 2.30. The highest BCUT2D eigenvalue weighted by molar-refractivity contribution is 7.89. The average molecular weight is 363 g/mol. The van der Waals surface area contributed by atoms with Crippen molar-refractivity contribution in [3.05, 3.63) is 66.0 Å². The van der Waals surface area contributed by atoms with Crippen LogP contribution in [0.5, 0.6) is 0 Å². The molecule has 134 valence electrons. The number of nitrogens with zero attached hydrogens (tertiary/aromatic N) is 1. The first-order valence-corrected chi connectivity index (χ1v) is 9.67. The van der Waals surface area contributed by atoms with Crippen molar-refractivity contribution in [3.8, 4) is 0 Å². The van der Waals surface area contributed by atoms with E-state index in [9.17, 15) is 12.8 Å². The summed E-state index contributed by atoms with van der Waals surface area (Å²) in [7, 11) is -3.72. The zero-order valence-corrected chi connectivity index (χ0v) is 15.2. The lowest BCUT2D eigenvalue weighted by atomic mass is 10.0. The number of ether oxygens (including phenoxy) is 1. The average Bonchev–Trinajstić information content (AvgIpc) is 2.57. The van der Waals surface area contributed by atoms with Crippen molar-refractivity contribution in [1.29, 1.82) is 0 Å². The second-order valence-electron chi connectivity index (χ2n) is 6.93. The van der Waals surface area contributed by atoms with Gasteiger partial charge in [0.15, 0.2) is 0 Å². The molecule has 3 rings (SSSR count). The van der Waals surface area contributed by atoms with Gasteiger partial charge in [-0.2, -0.15) is 4.31 Å². The Balaban J connectivity index is 1.85. The molecule has 1 unspecified atom stereocenters. The maximum atomic E-state index is 13.1. The van der Waals surface area contributed by atoms with Gasteiger partial charge in [0.05, 0.1) is 23.1 Å². The van der Waals surface area contributed by atoms with Crippen LogP contribution in [0.25, 0.3) is 0 Å². The molecule has 1 aliphatic rings. The van der Waals surface area contributed by atoms with Gasteiger partial charge < -0.3 is 4.74 Å². The molecule has 0 aliphatic carbocycles. The standard InChI is InChI=1S/C19H22FNO3S/c1-19(2)14-24-17(12-15-6-4-3-5-7-15)13-21(19)25(22,23)18-10-8-16(20)9-11-18/h3-11,17H,12-14H2,1-2H3. The summed E-state index contributed by atoms with van der Waals surface area (Å²) in [4.78, 5) is 0.0994. The molecular weight excluding hydrogens is 341 g/mol. The Labute approximate surface area is 148 Å². The highest BCUT2D eigenvalue weighted by Gasteiger charge is 2.42. The third-order valence-electron chi connectivity index (χ3n) is 4.42. The summed E-state index contributed by atoms with van der Waals surface area (Å²) in [6.07, 6.45) is 0.428. The van der Waals surface area contributed by atoms with E-state index in [2.05, 4.69) is 0 Å². The molecule has 1 saturated heterocycles. The summed E-state index contributed by atoms with van der Waals surface area (Å²) in [6, 6.07) is 14.8. The molecular formula is C19H22FNO3S. The van der Waals surface area contributed by atoms with Gasteiger partial charge in [0.2, 0.25) is 10.0 Å². The monoisotopic (exact) mass is 363 g/mol. The Kier molecular flexibility index (Phi) is 4.95. The van der Waals surface area contributed by atoms with Gasteiger partial charge in [-0.15, -0.1) is 0 Å². The van der Waals surface area contributed by atoms with Crippen LogP contribution in [0.15, 0.2) is 59.5 Å². The minimum absolute atomic E-state index is 0.0994. The molecule has 0 radical (unpaired) electrons. The Hall–Kier alpha value is -1.76. The summed E-state index contributed by atoms with van der Waals surface area (Å²) in [6.45, 7) is 4.26. The normalized spacial score (nSPS) is 21.2. The van der Waals surface area contributed by atoms with Crippen LogP contribution < -0.4 is 0 Å². The van der Waals surface area contributed by atoms with Crippen LogP contribution in [0.1, 0.15) is 19.4 Å². The van der Waals surface area contributed by atoms with E-state index in [4.69, 9.17) is 4.74 Å². The summed E-state index contributed by atoms with van der Waals surface area (Å²) in [5.41, 5.74) is 0.437. The van der Waals surface area contributed by atoms with Gasteiger partial charge in [-0.05, 0) is 50.1 Å². The SMILES string of the molecule is CC1(C)COC(Cc2ccccc2)CN1S(=O)(=O)c1ccc(F)cc1. The van der Waals surface area contributed by atoms with E-state index in [1.54, 1.807) is 0 Å². The molecule has 0 N–H and O–H groups in total. The van der Waals surface area contributed by atoms with Gasteiger partial charge in [-0.25, -0.2) is 12.8 Å². The van der Waals surface area contributed by atoms with Gasteiger partial charge >= 0.3 is 0 Å². The van der Waals surface area contributed by atoms with E-state index in [1.165, 1.54) is 28.6 Å². The molecule has 6 heteroatoms. The van der Waals surface area contributed by atoms with Crippen molar-refractivity contribution >= 4 is 10.0 Å². The van der Waals surface area contributed by atoms with Gasteiger partial charge in [-0.3, -0.25) is 0 Å². The summed E-state index contributed by atoms with van der Waals surface area (Å²) < 4.78 is 46.7. The van der Waals surface area contributed by atoms with Crippen LogP contribution in [0.2, 0.25) is 0 Å². The highest BCUT2D eigenvalue weighted by atomic mass is 32.2. The molecule has 0 spiro atoms. The van der Waals surface area contributed by atoms with Gasteiger partial charge in [-0.1, -0.05) is 30.3 Å². The number of sulfonamides is 1. The van der Waals surface area contributed by atoms with Crippen LogP contribution in [0.4, 0.5) is 4.39 Å². The summed E-state index contributed by atoms with van der Waals surface area (Å²) >= 11 is 0. The van der Waals surface area contributed by atoms with Gasteiger partial charge in [0, 0.05) is 6.54 Å².